The van der Waals surface area contributed by atoms with Gasteiger partial charge < -0.3 is 9.64 Å². The van der Waals surface area contributed by atoms with Crippen LogP contribution >= 0.6 is 11.3 Å². The molecular formula is C13H20N6OS. The van der Waals surface area contributed by atoms with E-state index in [1.54, 1.807) is 11.3 Å². The highest BCUT2D eigenvalue weighted by Crippen LogP contribution is 2.19. The Hall–Kier alpha value is -1.93. The van der Waals surface area contributed by atoms with Crippen LogP contribution in [0.5, 0.6) is 6.01 Å². The molecule has 114 valence electrons. The van der Waals surface area contributed by atoms with Crippen molar-refractivity contribution in [2.75, 3.05) is 16.9 Å². The van der Waals surface area contributed by atoms with Crippen LogP contribution in [0.4, 0.5) is 11.9 Å². The predicted octanol–water partition coefficient (Wildman–Crippen LogP) is 2.03. The molecule has 0 spiro atoms. The van der Waals surface area contributed by atoms with E-state index in [9.17, 15) is 0 Å². The summed E-state index contributed by atoms with van der Waals surface area (Å²) in [5.74, 6) is 6.26. The standard InChI is InChI=1S/C13H20N6OS/c1-4-19(8-10-6-5-7-21-10)12-15-11(18-14)16-13(17-12)20-9(2)3/h5-7,9H,4,8,14H2,1-3H3,(H,15,16,17,18). The van der Waals surface area contributed by atoms with Gasteiger partial charge in [-0.3, -0.25) is 5.43 Å². The molecule has 2 heterocycles. The van der Waals surface area contributed by atoms with Crippen LogP contribution in [0.15, 0.2) is 17.5 Å². The lowest BCUT2D eigenvalue weighted by Crippen LogP contribution is -2.25. The van der Waals surface area contributed by atoms with Gasteiger partial charge in [-0.2, -0.15) is 15.0 Å². The van der Waals surface area contributed by atoms with Crippen LogP contribution in [0.2, 0.25) is 0 Å². The minimum absolute atomic E-state index is 0.0155. The third kappa shape index (κ3) is 4.27. The van der Waals surface area contributed by atoms with E-state index in [-0.39, 0.29) is 12.1 Å². The van der Waals surface area contributed by atoms with Gasteiger partial charge in [0.25, 0.3) is 0 Å². The summed E-state index contributed by atoms with van der Waals surface area (Å²) in [6.45, 7) is 7.40. The molecule has 0 aliphatic rings. The number of hydrogen-bond acceptors (Lipinski definition) is 8. The Labute approximate surface area is 128 Å². The number of ether oxygens (including phenoxy) is 1. The second-order valence-corrected chi connectivity index (χ2v) is 5.68. The van der Waals surface area contributed by atoms with Crippen molar-refractivity contribution in [3.05, 3.63) is 22.4 Å². The monoisotopic (exact) mass is 308 g/mol. The van der Waals surface area contributed by atoms with Crippen LogP contribution in [0.25, 0.3) is 0 Å². The third-order valence-electron chi connectivity index (χ3n) is 2.66. The number of thiophene rings is 1. The van der Waals surface area contributed by atoms with Crippen LogP contribution in [0.3, 0.4) is 0 Å². The van der Waals surface area contributed by atoms with Gasteiger partial charge >= 0.3 is 6.01 Å². The molecule has 0 saturated carbocycles. The molecule has 21 heavy (non-hydrogen) atoms. The number of nitrogens with one attached hydrogen (secondary N) is 1. The molecule has 0 aliphatic heterocycles. The Bertz CT molecular complexity index is 560. The molecular weight excluding hydrogens is 288 g/mol. The van der Waals surface area contributed by atoms with E-state index in [0.29, 0.717) is 11.9 Å². The van der Waals surface area contributed by atoms with Crippen LogP contribution in [0.1, 0.15) is 25.6 Å². The maximum Gasteiger partial charge on any atom is 0.323 e. The minimum Gasteiger partial charge on any atom is -0.461 e. The molecule has 0 unspecified atom stereocenters. The second-order valence-electron chi connectivity index (χ2n) is 4.65. The topological polar surface area (TPSA) is 89.2 Å². The van der Waals surface area contributed by atoms with E-state index in [0.717, 1.165) is 13.1 Å². The van der Waals surface area contributed by atoms with Gasteiger partial charge in [-0.15, -0.1) is 11.3 Å². The van der Waals surface area contributed by atoms with Crippen molar-refractivity contribution in [3.63, 3.8) is 0 Å². The van der Waals surface area contributed by atoms with E-state index in [1.165, 1.54) is 4.88 Å². The summed E-state index contributed by atoms with van der Waals surface area (Å²) < 4.78 is 5.55. The van der Waals surface area contributed by atoms with E-state index in [1.807, 2.05) is 24.8 Å². The van der Waals surface area contributed by atoms with Gasteiger partial charge in [-0.25, -0.2) is 5.84 Å². The fraction of sp³-hybridized carbons (Fsp3) is 0.462. The molecule has 0 atom stereocenters. The SMILES string of the molecule is CCN(Cc1cccs1)c1nc(NN)nc(OC(C)C)n1. The maximum absolute atomic E-state index is 5.55. The lowest BCUT2D eigenvalue weighted by atomic mass is 10.4. The van der Waals surface area contributed by atoms with Crippen LogP contribution in [0, 0.1) is 0 Å². The van der Waals surface area contributed by atoms with E-state index in [4.69, 9.17) is 10.6 Å². The van der Waals surface area contributed by atoms with Crippen LogP contribution < -0.4 is 20.9 Å². The molecule has 0 fully saturated rings. The zero-order chi connectivity index (χ0) is 15.2. The normalized spacial score (nSPS) is 10.7. The molecule has 0 aromatic carbocycles. The number of nitrogen functional groups attached to an aromatic ring is 1. The number of nitrogens with zero attached hydrogens (tertiary/aromatic N) is 4. The predicted molar refractivity (Wildman–Crippen MR) is 84.4 cm³/mol. The molecule has 8 heteroatoms. The van der Waals surface area contributed by atoms with E-state index >= 15 is 0 Å². The van der Waals surface area contributed by atoms with Gasteiger partial charge in [0.1, 0.15) is 0 Å². The Kier molecular flexibility index (Phi) is 5.29. The van der Waals surface area contributed by atoms with Gasteiger partial charge in [0.15, 0.2) is 0 Å². The first kappa shape index (κ1) is 15.5. The fourth-order valence-electron chi connectivity index (χ4n) is 1.73. The van der Waals surface area contributed by atoms with Gasteiger partial charge in [0, 0.05) is 11.4 Å². The van der Waals surface area contributed by atoms with Crippen molar-refractivity contribution in [1.82, 2.24) is 15.0 Å². The molecule has 7 nitrogen and oxygen atoms in total. The molecule has 2 aromatic heterocycles. The smallest absolute Gasteiger partial charge is 0.323 e. The Morgan fingerprint density at radius 3 is 2.76 bits per heavy atom. The summed E-state index contributed by atoms with van der Waals surface area (Å²) in [5, 5.41) is 2.05. The largest absolute Gasteiger partial charge is 0.461 e. The van der Waals surface area contributed by atoms with Crippen molar-refractivity contribution >= 4 is 23.2 Å². The summed E-state index contributed by atoms with van der Waals surface area (Å²) in [7, 11) is 0. The number of aromatic nitrogens is 3. The van der Waals surface area contributed by atoms with E-state index < -0.39 is 0 Å². The first-order valence-corrected chi connectivity index (χ1v) is 7.67. The molecule has 3 N–H and O–H groups in total. The highest BCUT2D eigenvalue weighted by Gasteiger charge is 2.14. The number of hydrazine groups is 1. The van der Waals surface area contributed by atoms with E-state index in [2.05, 4.69) is 38.7 Å². The maximum atomic E-state index is 5.55. The van der Waals surface area contributed by atoms with Gasteiger partial charge in [-0.1, -0.05) is 6.07 Å². The molecule has 0 radical (unpaired) electrons. The Morgan fingerprint density at radius 2 is 2.19 bits per heavy atom. The van der Waals surface area contributed by atoms with Gasteiger partial charge in [0.05, 0.1) is 12.6 Å². The Balaban J connectivity index is 2.26. The fourth-order valence-corrected chi connectivity index (χ4v) is 2.45. The number of nitrogens with two attached hydrogens (primary N) is 1. The van der Waals surface area contributed by atoms with Crippen LogP contribution in [-0.4, -0.2) is 27.6 Å². The highest BCUT2D eigenvalue weighted by molar-refractivity contribution is 7.09. The quantitative estimate of drug-likeness (QED) is 0.597. The number of hydrogen-bond donors (Lipinski definition) is 2. The molecule has 2 rings (SSSR count). The molecule has 0 aliphatic carbocycles. The third-order valence-corrected chi connectivity index (χ3v) is 3.53. The van der Waals surface area contributed by atoms with Crippen LogP contribution in [-0.2, 0) is 6.54 Å². The van der Waals surface area contributed by atoms with Crippen molar-refractivity contribution in [2.45, 2.75) is 33.4 Å². The molecule has 0 bridgehead atoms. The zero-order valence-electron chi connectivity index (χ0n) is 12.4. The lowest BCUT2D eigenvalue weighted by Gasteiger charge is -2.21. The summed E-state index contributed by atoms with van der Waals surface area (Å²) in [6.07, 6.45) is -0.0155. The van der Waals surface area contributed by atoms with Crippen molar-refractivity contribution < 1.29 is 4.74 Å². The number of anilines is 2. The summed E-state index contributed by atoms with van der Waals surface area (Å²) in [6, 6.07) is 4.39. The summed E-state index contributed by atoms with van der Waals surface area (Å²) in [4.78, 5) is 16.1. The summed E-state index contributed by atoms with van der Waals surface area (Å²) >= 11 is 1.70. The van der Waals surface area contributed by atoms with Gasteiger partial charge in [0.2, 0.25) is 11.9 Å². The molecule has 2 aromatic rings. The van der Waals surface area contributed by atoms with Gasteiger partial charge in [-0.05, 0) is 32.2 Å². The van der Waals surface area contributed by atoms with Crippen molar-refractivity contribution in [2.24, 2.45) is 5.84 Å². The highest BCUT2D eigenvalue weighted by atomic mass is 32.1. The average molecular weight is 308 g/mol. The average Bonchev–Trinajstić information content (AvgIpc) is 2.96. The van der Waals surface area contributed by atoms with Crippen molar-refractivity contribution in [1.29, 1.82) is 0 Å². The minimum atomic E-state index is -0.0155. The zero-order valence-corrected chi connectivity index (χ0v) is 13.2. The van der Waals surface area contributed by atoms with Crippen molar-refractivity contribution in [3.8, 4) is 6.01 Å². The molecule has 0 saturated heterocycles. The molecule has 0 amide bonds. The second kappa shape index (κ2) is 7.19. The first-order valence-electron chi connectivity index (χ1n) is 6.79. The summed E-state index contributed by atoms with van der Waals surface area (Å²) in [5.41, 5.74) is 2.45. The lowest BCUT2D eigenvalue weighted by molar-refractivity contribution is 0.222. The number of rotatable bonds is 7. The first-order chi connectivity index (χ1) is 10.1. The Morgan fingerprint density at radius 1 is 1.38 bits per heavy atom.